The lowest BCUT2D eigenvalue weighted by Crippen LogP contribution is -2.26. The van der Waals surface area contributed by atoms with Gasteiger partial charge in [-0.25, -0.2) is 0 Å². The Kier molecular flexibility index (Phi) is 9.41. The van der Waals surface area contributed by atoms with Crippen LogP contribution in [0.2, 0.25) is 0 Å². The molecule has 0 spiro atoms. The van der Waals surface area contributed by atoms with Gasteiger partial charge in [-0.05, 0) is 148 Å². The number of aryl methyl sites for hydroxylation is 1. The standard InChI is InChI=1S/C37H50/c1-3-5-7-9-29-12-16-32(17-13-29)34-22-24-37-27-35(23-25-36(37)26-34)33-20-18-31(19-21-33)30-14-10-28(11-15-30)8-6-4-2/h3-5,18-21,23,25,27-30,32,34H,2,6-17,22,24,26H2,1H3/b5-3+. The Balaban J connectivity index is 1.14. The van der Waals surface area contributed by atoms with Crippen LogP contribution in [0.3, 0.4) is 0 Å². The lowest BCUT2D eigenvalue weighted by molar-refractivity contribution is 0.185. The molecule has 5 rings (SSSR count). The maximum atomic E-state index is 3.90. The van der Waals surface area contributed by atoms with Gasteiger partial charge in [-0.1, -0.05) is 73.5 Å². The summed E-state index contributed by atoms with van der Waals surface area (Å²) in [6, 6.07) is 17.0. The average Bonchev–Trinajstić information content (AvgIpc) is 2.96. The molecule has 3 aliphatic rings. The molecule has 198 valence electrons. The van der Waals surface area contributed by atoms with E-state index in [-0.39, 0.29) is 0 Å². The quantitative estimate of drug-likeness (QED) is 0.304. The molecule has 2 aromatic carbocycles. The summed E-state index contributed by atoms with van der Waals surface area (Å²) in [4.78, 5) is 0. The fourth-order valence-electron chi connectivity index (χ4n) is 7.90. The summed E-state index contributed by atoms with van der Waals surface area (Å²) >= 11 is 0. The summed E-state index contributed by atoms with van der Waals surface area (Å²) in [5, 5.41) is 0. The van der Waals surface area contributed by atoms with Gasteiger partial charge in [0.05, 0.1) is 0 Å². The van der Waals surface area contributed by atoms with Crippen LogP contribution in [0.4, 0.5) is 0 Å². The van der Waals surface area contributed by atoms with Crippen molar-refractivity contribution < 1.29 is 0 Å². The van der Waals surface area contributed by atoms with Crippen LogP contribution < -0.4 is 0 Å². The Bertz CT molecular complexity index is 1010. The summed E-state index contributed by atoms with van der Waals surface area (Å²) in [6.07, 6.45) is 27.3. The number of benzene rings is 2. The summed E-state index contributed by atoms with van der Waals surface area (Å²) in [5.41, 5.74) is 7.63. The van der Waals surface area contributed by atoms with E-state index in [1.807, 2.05) is 0 Å². The number of hydrogen-bond donors (Lipinski definition) is 0. The highest BCUT2D eigenvalue weighted by molar-refractivity contribution is 5.65. The minimum absolute atomic E-state index is 0.762. The van der Waals surface area contributed by atoms with Crippen LogP contribution in [0, 0.1) is 23.7 Å². The molecule has 2 fully saturated rings. The van der Waals surface area contributed by atoms with Gasteiger partial charge in [0.15, 0.2) is 0 Å². The molecule has 0 bridgehead atoms. The predicted molar refractivity (Wildman–Crippen MR) is 161 cm³/mol. The van der Waals surface area contributed by atoms with Gasteiger partial charge in [-0.15, -0.1) is 6.58 Å². The minimum atomic E-state index is 0.762. The van der Waals surface area contributed by atoms with E-state index in [1.165, 1.54) is 107 Å². The second-order valence-corrected chi connectivity index (χ2v) is 12.6. The van der Waals surface area contributed by atoms with Gasteiger partial charge in [0.2, 0.25) is 0 Å². The molecule has 1 unspecified atom stereocenters. The van der Waals surface area contributed by atoms with Gasteiger partial charge >= 0.3 is 0 Å². The number of hydrogen-bond acceptors (Lipinski definition) is 0. The van der Waals surface area contributed by atoms with E-state index in [1.54, 1.807) is 16.7 Å². The normalized spacial score (nSPS) is 28.2. The van der Waals surface area contributed by atoms with E-state index in [0.29, 0.717) is 0 Å². The molecule has 0 heteroatoms. The molecule has 0 amide bonds. The highest BCUT2D eigenvalue weighted by atomic mass is 14.4. The second kappa shape index (κ2) is 13.1. The summed E-state index contributed by atoms with van der Waals surface area (Å²) in [7, 11) is 0. The van der Waals surface area contributed by atoms with Gasteiger partial charge in [-0.2, -0.15) is 0 Å². The molecule has 0 radical (unpaired) electrons. The lowest BCUT2D eigenvalue weighted by atomic mass is 9.69. The van der Waals surface area contributed by atoms with Crippen LogP contribution in [-0.4, -0.2) is 0 Å². The molecule has 0 aromatic heterocycles. The summed E-state index contributed by atoms with van der Waals surface area (Å²) in [5.74, 6) is 4.55. The molecule has 2 aromatic rings. The molecule has 0 N–H and O–H groups in total. The molecule has 0 nitrogen and oxygen atoms in total. The Morgan fingerprint density at radius 3 is 2.08 bits per heavy atom. The van der Waals surface area contributed by atoms with Gasteiger partial charge in [0, 0.05) is 0 Å². The Morgan fingerprint density at radius 1 is 0.703 bits per heavy atom. The van der Waals surface area contributed by atoms with Crippen molar-refractivity contribution in [2.45, 2.75) is 109 Å². The van der Waals surface area contributed by atoms with Crippen LogP contribution >= 0.6 is 0 Å². The zero-order valence-electron chi connectivity index (χ0n) is 23.5. The molecule has 37 heavy (non-hydrogen) atoms. The van der Waals surface area contributed by atoms with Crippen molar-refractivity contribution in [1.29, 1.82) is 0 Å². The van der Waals surface area contributed by atoms with Gasteiger partial charge in [0.1, 0.15) is 0 Å². The average molecular weight is 495 g/mol. The van der Waals surface area contributed by atoms with Gasteiger partial charge in [-0.3, -0.25) is 0 Å². The number of rotatable bonds is 9. The van der Waals surface area contributed by atoms with Crippen LogP contribution in [0.1, 0.15) is 113 Å². The van der Waals surface area contributed by atoms with Crippen molar-refractivity contribution in [2.24, 2.45) is 23.7 Å². The zero-order chi connectivity index (χ0) is 25.5. The molecule has 2 saturated carbocycles. The van der Waals surface area contributed by atoms with E-state index in [9.17, 15) is 0 Å². The first-order chi connectivity index (χ1) is 18.2. The van der Waals surface area contributed by atoms with Crippen molar-refractivity contribution in [2.75, 3.05) is 0 Å². The molecule has 0 saturated heterocycles. The van der Waals surface area contributed by atoms with Crippen molar-refractivity contribution in [1.82, 2.24) is 0 Å². The molecular weight excluding hydrogens is 444 g/mol. The van der Waals surface area contributed by atoms with Crippen LogP contribution in [-0.2, 0) is 12.8 Å². The van der Waals surface area contributed by atoms with E-state index in [0.717, 1.165) is 29.6 Å². The highest BCUT2D eigenvalue weighted by Gasteiger charge is 2.30. The maximum Gasteiger partial charge on any atom is -0.0162 e. The fraction of sp³-hybridized carbons (Fsp3) is 0.568. The monoisotopic (exact) mass is 494 g/mol. The lowest BCUT2D eigenvalue weighted by Gasteiger charge is -2.36. The minimum Gasteiger partial charge on any atom is -0.103 e. The first-order valence-electron chi connectivity index (χ1n) is 15.7. The third-order valence-electron chi connectivity index (χ3n) is 10.3. The Morgan fingerprint density at radius 2 is 1.38 bits per heavy atom. The molecule has 3 aliphatic carbocycles. The van der Waals surface area contributed by atoms with Crippen molar-refractivity contribution in [3.8, 4) is 11.1 Å². The van der Waals surface area contributed by atoms with Crippen LogP contribution in [0.5, 0.6) is 0 Å². The molecule has 1 atom stereocenters. The third-order valence-corrected chi connectivity index (χ3v) is 10.3. The van der Waals surface area contributed by atoms with Gasteiger partial charge < -0.3 is 0 Å². The van der Waals surface area contributed by atoms with Crippen molar-refractivity contribution in [3.63, 3.8) is 0 Å². The zero-order valence-corrected chi connectivity index (χ0v) is 23.5. The third kappa shape index (κ3) is 6.87. The first kappa shape index (κ1) is 26.5. The number of fused-ring (bicyclic) bond motifs is 1. The Hall–Kier alpha value is -2.08. The number of allylic oxidation sites excluding steroid dienone is 3. The largest absolute Gasteiger partial charge is 0.103 e. The SMILES string of the molecule is C=CCCC1CCC(c2ccc(-c3ccc4c(c3)CCC(C3CCC(CC/C=C/C)CC3)C4)cc2)CC1. The van der Waals surface area contributed by atoms with E-state index in [2.05, 4.69) is 74.2 Å². The fourth-order valence-corrected chi connectivity index (χ4v) is 7.90. The topological polar surface area (TPSA) is 0 Å². The Labute approximate surface area is 227 Å². The molecule has 0 heterocycles. The maximum absolute atomic E-state index is 3.90. The second-order valence-electron chi connectivity index (χ2n) is 12.6. The summed E-state index contributed by atoms with van der Waals surface area (Å²) < 4.78 is 0. The molecule has 0 aliphatic heterocycles. The highest BCUT2D eigenvalue weighted by Crippen LogP contribution is 2.42. The van der Waals surface area contributed by atoms with Crippen molar-refractivity contribution in [3.05, 3.63) is 84.0 Å². The predicted octanol–water partition coefficient (Wildman–Crippen LogP) is 10.9. The van der Waals surface area contributed by atoms with Crippen LogP contribution in [0.25, 0.3) is 11.1 Å². The van der Waals surface area contributed by atoms with Crippen LogP contribution in [0.15, 0.2) is 67.3 Å². The van der Waals surface area contributed by atoms with E-state index in [4.69, 9.17) is 0 Å². The van der Waals surface area contributed by atoms with E-state index < -0.39 is 0 Å². The molecular formula is C37H50. The first-order valence-corrected chi connectivity index (χ1v) is 15.7. The van der Waals surface area contributed by atoms with E-state index >= 15 is 0 Å². The smallest absolute Gasteiger partial charge is 0.0162 e. The van der Waals surface area contributed by atoms with Crippen molar-refractivity contribution >= 4 is 0 Å². The van der Waals surface area contributed by atoms with Gasteiger partial charge in [0.25, 0.3) is 0 Å². The summed E-state index contributed by atoms with van der Waals surface area (Å²) in [6.45, 7) is 6.05.